The lowest BCUT2D eigenvalue weighted by molar-refractivity contribution is -0.117. The van der Waals surface area contributed by atoms with Crippen LogP contribution in [0.15, 0.2) is 40.5 Å². The van der Waals surface area contributed by atoms with Crippen LogP contribution in [-0.2, 0) is 16.6 Å². The summed E-state index contributed by atoms with van der Waals surface area (Å²) in [6.07, 6.45) is -1.03. The average molecular weight is 440 g/mol. The van der Waals surface area contributed by atoms with Gasteiger partial charge in [0.1, 0.15) is 29.8 Å². The predicted molar refractivity (Wildman–Crippen MR) is 116 cm³/mol. The molecule has 31 heavy (non-hydrogen) atoms. The number of hydrogen-bond acceptors (Lipinski definition) is 7. The van der Waals surface area contributed by atoms with Crippen LogP contribution in [0, 0.1) is 0 Å². The molecule has 160 valence electrons. The van der Waals surface area contributed by atoms with E-state index in [1.165, 1.54) is 22.8 Å². The lowest BCUT2D eigenvalue weighted by Crippen LogP contribution is -2.31. The zero-order valence-corrected chi connectivity index (χ0v) is 17.8. The number of aryl methyl sites for hydroxylation is 1. The van der Waals surface area contributed by atoms with Gasteiger partial charge in [-0.05, 0) is 25.1 Å². The highest BCUT2D eigenvalue weighted by molar-refractivity contribution is 7.10. The Morgan fingerprint density at radius 2 is 2.06 bits per heavy atom. The first-order valence-electron chi connectivity index (χ1n) is 9.68. The highest BCUT2D eigenvalue weighted by atomic mass is 32.1. The molecule has 8 nitrogen and oxygen atoms in total. The van der Waals surface area contributed by atoms with Crippen molar-refractivity contribution in [2.45, 2.75) is 25.9 Å². The summed E-state index contributed by atoms with van der Waals surface area (Å²) in [7, 11) is 1.64. The van der Waals surface area contributed by atoms with Crippen LogP contribution in [0.1, 0.15) is 41.1 Å². The number of ether oxygens (including phenoxy) is 2. The number of hydrogen-bond donors (Lipinski definition) is 1. The number of Topliss-reactive ketones (excluding diaryl/α,β-unsaturated/α-hetero) is 2. The van der Waals surface area contributed by atoms with Crippen molar-refractivity contribution in [3.63, 3.8) is 0 Å². The van der Waals surface area contributed by atoms with Crippen molar-refractivity contribution in [2.75, 3.05) is 11.9 Å². The molecule has 0 saturated carbocycles. The maximum atomic E-state index is 12.8. The molecule has 1 atom stereocenters. The third-order valence-corrected chi connectivity index (χ3v) is 6.06. The van der Waals surface area contributed by atoms with Gasteiger partial charge < -0.3 is 14.0 Å². The minimum Gasteiger partial charge on any atom is -0.483 e. The molecule has 1 aromatic carbocycles. The van der Waals surface area contributed by atoms with Crippen LogP contribution in [0.5, 0.6) is 5.75 Å². The summed E-state index contributed by atoms with van der Waals surface area (Å²) in [5, 5.41) is 5.01. The van der Waals surface area contributed by atoms with Gasteiger partial charge in [-0.15, -0.1) is 11.3 Å². The van der Waals surface area contributed by atoms with Crippen LogP contribution < -0.4 is 15.6 Å². The fourth-order valence-electron chi connectivity index (χ4n) is 3.48. The number of ketones is 2. The zero-order valence-electron chi connectivity index (χ0n) is 17.0. The van der Waals surface area contributed by atoms with Gasteiger partial charge in [0.25, 0.3) is 5.56 Å². The van der Waals surface area contributed by atoms with E-state index in [1.54, 1.807) is 24.6 Å². The molecule has 0 bridgehead atoms. The van der Waals surface area contributed by atoms with Crippen molar-refractivity contribution >= 4 is 45.6 Å². The lowest BCUT2D eigenvalue weighted by Gasteiger charge is -2.26. The van der Waals surface area contributed by atoms with E-state index in [4.69, 9.17) is 9.47 Å². The van der Waals surface area contributed by atoms with E-state index < -0.39 is 12.2 Å². The van der Waals surface area contributed by atoms with Gasteiger partial charge in [0, 0.05) is 29.1 Å². The van der Waals surface area contributed by atoms with E-state index in [-0.39, 0.29) is 42.1 Å². The minimum atomic E-state index is -0.661. The maximum Gasteiger partial charge on any atom is 0.411 e. The van der Waals surface area contributed by atoms with Gasteiger partial charge in [0.2, 0.25) is 0 Å². The van der Waals surface area contributed by atoms with Crippen molar-refractivity contribution in [3.05, 3.63) is 56.5 Å². The van der Waals surface area contributed by atoms with Crippen molar-refractivity contribution in [3.8, 4) is 5.75 Å². The number of carbonyl (C=O) groups is 3. The second-order valence-corrected chi connectivity index (χ2v) is 8.21. The van der Waals surface area contributed by atoms with E-state index in [0.717, 1.165) is 4.88 Å². The van der Waals surface area contributed by atoms with E-state index in [0.29, 0.717) is 22.3 Å². The number of benzene rings is 1. The Morgan fingerprint density at radius 1 is 1.29 bits per heavy atom. The van der Waals surface area contributed by atoms with E-state index in [2.05, 4.69) is 5.32 Å². The number of amides is 1. The average Bonchev–Trinajstić information content (AvgIpc) is 3.19. The Kier molecular flexibility index (Phi) is 5.60. The summed E-state index contributed by atoms with van der Waals surface area (Å²) in [5.41, 5.74) is 0.880. The number of carbonyl (C=O) groups excluding carboxylic acids is 3. The number of para-hydroxylation sites is 1. The standard InChI is InChI=1S/C22H20N2O6S/c1-12(25)7-8-29-22(28)23-13-9-18(31-11-13)17-10-16(26)19-20(30-17)14-5-3-4-6-15(14)24(2)21(19)27/h3-6,9,11,17H,7-8,10H2,1-2H3,(H,23,28). The number of nitrogens with one attached hydrogen (secondary N) is 1. The number of aromatic nitrogens is 1. The molecular formula is C22H20N2O6S. The van der Waals surface area contributed by atoms with Gasteiger partial charge in [0.05, 0.1) is 17.6 Å². The molecule has 0 fully saturated rings. The Labute approximate surface area is 181 Å². The molecule has 0 saturated heterocycles. The smallest absolute Gasteiger partial charge is 0.411 e. The Bertz CT molecular complexity index is 1260. The maximum absolute atomic E-state index is 12.8. The molecule has 0 spiro atoms. The highest BCUT2D eigenvalue weighted by Crippen LogP contribution is 2.40. The first-order valence-corrected chi connectivity index (χ1v) is 10.6. The summed E-state index contributed by atoms with van der Waals surface area (Å²) in [5.74, 6) is -0.0389. The molecule has 0 radical (unpaired) electrons. The van der Waals surface area contributed by atoms with Gasteiger partial charge in [-0.2, -0.15) is 0 Å². The number of nitrogens with zero attached hydrogens (tertiary/aromatic N) is 1. The Morgan fingerprint density at radius 3 is 2.84 bits per heavy atom. The first kappa shape index (κ1) is 20.8. The van der Waals surface area contributed by atoms with E-state index in [1.807, 2.05) is 18.2 Å². The van der Waals surface area contributed by atoms with Gasteiger partial charge in [-0.25, -0.2) is 4.79 Å². The van der Waals surface area contributed by atoms with Crippen molar-refractivity contribution in [1.82, 2.24) is 4.57 Å². The fraction of sp³-hybridized carbons (Fsp3) is 0.273. The van der Waals surface area contributed by atoms with Crippen LogP contribution in [0.3, 0.4) is 0 Å². The zero-order chi connectivity index (χ0) is 22.1. The number of anilines is 1. The summed E-state index contributed by atoms with van der Waals surface area (Å²) in [6.45, 7) is 1.44. The van der Waals surface area contributed by atoms with Crippen LogP contribution in [-0.4, -0.2) is 28.8 Å². The van der Waals surface area contributed by atoms with Crippen LogP contribution >= 0.6 is 11.3 Å². The molecule has 1 aliphatic heterocycles. The molecule has 0 aliphatic carbocycles. The molecule has 1 N–H and O–H groups in total. The predicted octanol–water partition coefficient (Wildman–Crippen LogP) is 3.83. The second kappa shape index (κ2) is 8.35. The second-order valence-electron chi connectivity index (χ2n) is 7.27. The molecular weight excluding hydrogens is 420 g/mol. The summed E-state index contributed by atoms with van der Waals surface area (Å²) in [6, 6.07) is 8.99. The van der Waals surface area contributed by atoms with Gasteiger partial charge in [-0.3, -0.25) is 19.7 Å². The Hall–Kier alpha value is -3.46. The number of pyridine rings is 1. The van der Waals surface area contributed by atoms with Gasteiger partial charge >= 0.3 is 6.09 Å². The third kappa shape index (κ3) is 4.09. The molecule has 1 amide bonds. The largest absolute Gasteiger partial charge is 0.483 e. The molecule has 3 aromatic rings. The molecule has 1 aliphatic rings. The fourth-order valence-corrected chi connectivity index (χ4v) is 4.35. The SMILES string of the molecule is CC(=O)CCOC(=O)Nc1csc(C2CC(=O)c3c(c4ccccc4n(C)c3=O)O2)c1. The van der Waals surface area contributed by atoms with Crippen molar-refractivity contribution in [2.24, 2.45) is 7.05 Å². The van der Waals surface area contributed by atoms with Crippen LogP contribution in [0.4, 0.5) is 10.5 Å². The van der Waals surface area contributed by atoms with Gasteiger partial charge in [0.15, 0.2) is 5.78 Å². The van der Waals surface area contributed by atoms with Crippen molar-refractivity contribution < 1.29 is 23.9 Å². The molecule has 4 rings (SSSR count). The summed E-state index contributed by atoms with van der Waals surface area (Å²) < 4.78 is 12.6. The highest BCUT2D eigenvalue weighted by Gasteiger charge is 2.33. The van der Waals surface area contributed by atoms with E-state index >= 15 is 0 Å². The monoisotopic (exact) mass is 440 g/mol. The normalized spacial score (nSPS) is 15.3. The molecule has 3 heterocycles. The molecule has 9 heteroatoms. The molecule has 2 aromatic heterocycles. The van der Waals surface area contributed by atoms with Crippen molar-refractivity contribution in [1.29, 1.82) is 0 Å². The number of fused-ring (bicyclic) bond motifs is 3. The van der Waals surface area contributed by atoms with E-state index in [9.17, 15) is 19.2 Å². The summed E-state index contributed by atoms with van der Waals surface area (Å²) in [4.78, 5) is 49.1. The number of thiophene rings is 1. The minimum absolute atomic E-state index is 0.0111. The van der Waals surface area contributed by atoms with Crippen LogP contribution in [0.2, 0.25) is 0 Å². The van der Waals surface area contributed by atoms with Gasteiger partial charge in [-0.1, -0.05) is 12.1 Å². The first-order chi connectivity index (χ1) is 14.8. The number of rotatable bonds is 5. The molecule has 1 unspecified atom stereocenters. The Balaban J connectivity index is 1.57. The third-order valence-electron chi connectivity index (χ3n) is 5.04. The topological polar surface area (TPSA) is 104 Å². The lowest BCUT2D eigenvalue weighted by atomic mass is 9.98. The summed E-state index contributed by atoms with van der Waals surface area (Å²) >= 11 is 1.33. The van der Waals surface area contributed by atoms with Crippen LogP contribution in [0.25, 0.3) is 10.9 Å². The quantitative estimate of drug-likeness (QED) is 0.647.